The van der Waals surface area contributed by atoms with Crippen molar-refractivity contribution >= 4 is 5.84 Å². The molecule has 2 aliphatic heterocycles. The molecule has 10 heavy (non-hydrogen) atoms. The summed E-state index contributed by atoms with van der Waals surface area (Å²) in [5, 5.41) is 0. The van der Waals surface area contributed by atoms with Crippen molar-refractivity contribution in [3.63, 3.8) is 0 Å². The van der Waals surface area contributed by atoms with Crippen molar-refractivity contribution in [2.45, 2.75) is 25.3 Å². The zero-order valence-electron chi connectivity index (χ0n) is 6.08. The Kier molecular flexibility index (Phi) is 0.800. The van der Waals surface area contributed by atoms with Crippen LogP contribution >= 0.6 is 0 Å². The fourth-order valence-electron chi connectivity index (χ4n) is 2.69. The molecular formula is C8H12N2. The number of nitrogens with zero attached hydrogens (tertiary/aromatic N) is 2. The molecule has 0 radical (unpaired) electrons. The maximum Gasteiger partial charge on any atom is 0.102 e. The summed E-state index contributed by atoms with van der Waals surface area (Å²) in [6.07, 6.45) is 4.27. The second-order valence-electron chi connectivity index (χ2n) is 3.60. The Morgan fingerprint density at radius 2 is 2.40 bits per heavy atom. The maximum absolute atomic E-state index is 4.52. The van der Waals surface area contributed by atoms with Crippen LogP contribution in [0, 0.1) is 5.92 Å². The van der Waals surface area contributed by atoms with Crippen LogP contribution in [0.3, 0.4) is 0 Å². The van der Waals surface area contributed by atoms with Crippen molar-refractivity contribution in [3.05, 3.63) is 0 Å². The van der Waals surface area contributed by atoms with E-state index in [1.54, 1.807) is 0 Å². The first kappa shape index (κ1) is 5.16. The van der Waals surface area contributed by atoms with Crippen molar-refractivity contribution in [1.29, 1.82) is 0 Å². The number of hydrogen-bond donors (Lipinski definition) is 0. The molecule has 1 saturated carbocycles. The van der Waals surface area contributed by atoms with Crippen molar-refractivity contribution in [2.75, 3.05) is 13.1 Å². The summed E-state index contributed by atoms with van der Waals surface area (Å²) < 4.78 is 0. The molecule has 1 saturated heterocycles. The fraction of sp³-hybridized carbons (Fsp3) is 0.875. The largest absolute Gasteiger partial charge is 0.355 e. The molecule has 0 N–H and O–H groups in total. The minimum atomic E-state index is 0.868. The van der Waals surface area contributed by atoms with Gasteiger partial charge in [0.15, 0.2) is 0 Å². The lowest BCUT2D eigenvalue weighted by Crippen LogP contribution is -2.34. The minimum absolute atomic E-state index is 0.868. The lowest BCUT2D eigenvalue weighted by Gasteiger charge is -2.24. The molecule has 0 aromatic heterocycles. The molecule has 3 aliphatic rings. The smallest absolute Gasteiger partial charge is 0.102 e. The van der Waals surface area contributed by atoms with Gasteiger partial charge in [-0.3, -0.25) is 4.99 Å². The predicted molar refractivity (Wildman–Crippen MR) is 40.1 cm³/mol. The first-order chi connectivity index (χ1) is 4.95. The highest BCUT2D eigenvalue weighted by Crippen LogP contribution is 2.40. The summed E-state index contributed by atoms with van der Waals surface area (Å²) in [7, 11) is 0. The zero-order valence-corrected chi connectivity index (χ0v) is 6.08. The highest BCUT2D eigenvalue weighted by atomic mass is 15.3. The molecule has 0 aromatic carbocycles. The first-order valence-corrected chi connectivity index (χ1v) is 4.26. The van der Waals surface area contributed by atoms with Crippen LogP contribution in [-0.4, -0.2) is 29.9 Å². The molecule has 0 spiro atoms. The molecule has 2 bridgehead atoms. The number of fused-ring (bicyclic) bond motifs is 5. The molecule has 2 nitrogen and oxygen atoms in total. The zero-order chi connectivity index (χ0) is 6.55. The van der Waals surface area contributed by atoms with Crippen LogP contribution in [0.2, 0.25) is 0 Å². The quantitative estimate of drug-likeness (QED) is 0.482. The average molecular weight is 136 g/mol. The number of piperidine rings is 1. The summed E-state index contributed by atoms with van der Waals surface area (Å²) in [5.74, 6) is 2.32. The van der Waals surface area contributed by atoms with Crippen LogP contribution in [0.4, 0.5) is 0 Å². The lowest BCUT2D eigenvalue weighted by molar-refractivity contribution is 0.355. The Labute approximate surface area is 60.9 Å². The van der Waals surface area contributed by atoms with E-state index >= 15 is 0 Å². The normalized spacial score (nSPS) is 42.4. The topological polar surface area (TPSA) is 15.6 Å². The van der Waals surface area contributed by atoms with E-state index in [9.17, 15) is 0 Å². The fourth-order valence-corrected chi connectivity index (χ4v) is 2.69. The van der Waals surface area contributed by atoms with Crippen LogP contribution in [0.25, 0.3) is 0 Å². The molecule has 3 rings (SSSR count). The number of hydrogen-bond acceptors (Lipinski definition) is 2. The predicted octanol–water partition coefficient (Wildman–Crippen LogP) is 0.883. The van der Waals surface area contributed by atoms with Gasteiger partial charge < -0.3 is 4.90 Å². The van der Waals surface area contributed by atoms with Crippen molar-refractivity contribution < 1.29 is 0 Å². The third-order valence-electron chi connectivity index (χ3n) is 3.12. The van der Waals surface area contributed by atoms with E-state index in [-0.39, 0.29) is 0 Å². The van der Waals surface area contributed by atoms with E-state index in [0.29, 0.717) is 0 Å². The lowest BCUT2D eigenvalue weighted by atomic mass is 10.1. The van der Waals surface area contributed by atoms with Gasteiger partial charge in [-0.25, -0.2) is 0 Å². The van der Waals surface area contributed by atoms with Gasteiger partial charge in [0.25, 0.3) is 0 Å². The highest BCUT2D eigenvalue weighted by Gasteiger charge is 2.43. The van der Waals surface area contributed by atoms with Crippen molar-refractivity contribution in [1.82, 2.24) is 4.90 Å². The summed E-state index contributed by atoms with van der Waals surface area (Å²) in [5.41, 5.74) is 0. The van der Waals surface area contributed by atoms with Gasteiger partial charge in [-0.05, 0) is 19.3 Å². The molecule has 0 amide bonds. The molecule has 54 valence electrons. The summed E-state index contributed by atoms with van der Waals surface area (Å²) >= 11 is 0. The van der Waals surface area contributed by atoms with Crippen LogP contribution in [0.1, 0.15) is 19.3 Å². The van der Waals surface area contributed by atoms with Gasteiger partial charge in [0.1, 0.15) is 5.84 Å². The Morgan fingerprint density at radius 1 is 1.40 bits per heavy atom. The SMILES string of the molecule is C1CN2C(=N1)[C@@H]1CC[C@H]2C1. The molecule has 1 aliphatic carbocycles. The molecule has 2 atom stereocenters. The van der Waals surface area contributed by atoms with E-state index in [1.807, 2.05) is 0 Å². The molecular weight excluding hydrogens is 124 g/mol. The molecule has 0 unspecified atom stereocenters. The van der Waals surface area contributed by atoms with Gasteiger partial charge >= 0.3 is 0 Å². The van der Waals surface area contributed by atoms with E-state index in [0.717, 1.165) is 18.5 Å². The third-order valence-corrected chi connectivity index (χ3v) is 3.12. The van der Waals surface area contributed by atoms with E-state index < -0.39 is 0 Å². The molecule has 2 fully saturated rings. The van der Waals surface area contributed by atoms with Gasteiger partial charge in [-0.15, -0.1) is 0 Å². The Balaban J connectivity index is 2.03. The van der Waals surface area contributed by atoms with Gasteiger partial charge in [-0.1, -0.05) is 0 Å². The summed E-state index contributed by atoms with van der Waals surface area (Å²) in [6, 6.07) is 0.895. The Bertz CT molecular complexity index is 197. The minimum Gasteiger partial charge on any atom is -0.355 e. The van der Waals surface area contributed by atoms with Gasteiger partial charge in [0.2, 0.25) is 0 Å². The number of amidine groups is 1. The first-order valence-electron chi connectivity index (χ1n) is 4.26. The van der Waals surface area contributed by atoms with Crippen LogP contribution < -0.4 is 0 Å². The van der Waals surface area contributed by atoms with Crippen molar-refractivity contribution in [2.24, 2.45) is 10.9 Å². The summed E-state index contributed by atoms with van der Waals surface area (Å²) in [6.45, 7) is 2.29. The van der Waals surface area contributed by atoms with E-state index in [2.05, 4.69) is 9.89 Å². The second kappa shape index (κ2) is 1.55. The average Bonchev–Trinajstić information content (AvgIpc) is 2.60. The number of rotatable bonds is 0. The highest BCUT2D eigenvalue weighted by molar-refractivity contribution is 5.89. The molecule has 2 heterocycles. The van der Waals surface area contributed by atoms with Crippen LogP contribution in [0.15, 0.2) is 4.99 Å². The third kappa shape index (κ3) is 0.446. The van der Waals surface area contributed by atoms with E-state index in [4.69, 9.17) is 0 Å². The monoisotopic (exact) mass is 136 g/mol. The summed E-state index contributed by atoms with van der Waals surface area (Å²) in [4.78, 5) is 7.06. The second-order valence-corrected chi connectivity index (χ2v) is 3.60. The Hall–Kier alpha value is -0.530. The number of aliphatic imine (C=N–C) groups is 1. The van der Waals surface area contributed by atoms with Crippen LogP contribution in [0.5, 0.6) is 0 Å². The van der Waals surface area contributed by atoms with Gasteiger partial charge in [0.05, 0.1) is 6.54 Å². The van der Waals surface area contributed by atoms with Gasteiger partial charge in [0, 0.05) is 18.5 Å². The van der Waals surface area contributed by atoms with Gasteiger partial charge in [-0.2, -0.15) is 0 Å². The Morgan fingerprint density at radius 3 is 3.30 bits per heavy atom. The van der Waals surface area contributed by atoms with E-state index in [1.165, 1.54) is 31.6 Å². The molecule has 0 aromatic rings. The standard InChI is InChI=1S/C8H12N2/c1-2-7-5-6(1)8-9-3-4-10(7)8/h6-7H,1-5H2/t6-,7+/m1/s1. The van der Waals surface area contributed by atoms with Crippen LogP contribution in [-0.2, 0) is 0 Å². The van der Waals surface area contributed by atoms with Crippen molar-refractivity contribution in [3.8, 4) is 0 Å². The maximum atomic E-state index is 4.52. The molecule has 2 heteroatoms.